The first kappa shape index (κ1) is 10.4. The smallest absolute Gasteiger partial charge is 0.304 e. The van der Waals surface area contributed by atoms with Crippen molar-refractivity contribution in [3.63, 3.8) is 0 Å². The second kappa shape index (κ2) is 3.82. The van der Waals surface area contributed by atoms with Gasteiger partial charge in [0.2, 0.25) is 5.89 Å². The molecule has 7 heteroatoms. The van der Waals surface area contributed by atoms with E-state index in [2.05, 4.69) is 15.5 Å². The quantitative estimate of drug-likeness (QED) is 0.766. The second-order valence-corrected chi connectivity index (χ2v) is 4.97. The average Bonchev–Trinajstić information content (AvgIpc) is 2.46. The summed E-state index contributed by atoms with van der Waals surface area (Å²) in [6.45, 7) is 3.02. The molecule has 15 heavy (non-hydrogen) atoms. The molecule has 0 spiro atoms. The Morgan fingerprint density at radius 3 is 2.80 bits per heavy atom. The van der Waals surface area contributed by atoms with E-state index < -0.39 is 5.97 Å². The zero-order valence-electron chi connectivity index (χ0n) is 8.19. The molecule has 0 saturated carbocycles. The van der Waals surface area contributed by atoms with Crippen LogP contribution in [-0.4, -0.2) is 39.1 Å². The van der Waals surface area contributed by atoms with Crippen molar-refractivity contribution in [3.8, 4) is 0 Å². The predicted octanol–water partition coefficient (Wildman–Crippen LogP) is 0.287. The summed E-state index contributed by atoms with van der Waals surface area (Å²) in [4.78, 5) is 10.7. The lowest BCUT2D eigenvalue weighted by Gasteiger charge is -2.39. The largest absolute Gasteiger partial charge is 0.481 e. The summed E-state index contributed by atoms with van der Waals surface area (Å²) in [5, 5.41) is 19.8. The monoisotopic (exact) mass is 229 g/mol. The minimum absolute atomic E-state index is 0.103. The van der Waals surface area contributed by atoms with E-state index in [1.807, 2.05) is 0 Å². The zero-order valence-corrected chi connectivity index (χ0v) is 9.00. The number of aromatic nitrogens is 2. The summed E-state index contributed by atoms with van der Waals surface area (Å²) < 4.78 is 4.89. The van der Waals surface area contributed by atoms with E-state index in [0.717, 1.165) is 0 Å². The third-order valence-electron chi connectivity index (χ3n) is 2.18. The molecule has 0 atom stereocenters. The van der Waals surface area contributed by atoms with Crippen LogP contribution in [0.15, 0.2) is 9.64 Å². The summed E-state index contributed by atoms with van der Waals surface area (Å²) in [5.41, 5.74) is 0. The lowest BCUT2D eigenvalue weighted by atomic mass is 9.98. The Morgan fingerprint density at radius 1 is 1.67 bits per heavy atom. The maximum Gasteiger partial charge on any atom is 0.304 e. The summed E-state index contributed by atoms with van der Waals surface area (Å²) in [6.07, 6.45) is 0.103. The molecule has 1 aromatic rings. The molecular weight excluding hydrogens is 218 g/mol. The third kappa shape index (κ3) is 2.29. The van der Waals surface area contributed by atoms with E-state index in [-0.39, 0.29) is 11.2 Å². The zero-order chi connectivity index (χ0) is 10.9. The van der Waals surface area contributed by atoms with Gasteiger partial charge in [0.05, 0.1) is 11.2 Å². The summed E-state index contributed by atoms with van der Waals surface area (Å²) in [7, 11) is 0. The highest BCUT2D eigenvalue weighted by Gasteiger charge is 2.41. The van der Waals surface area contributed by atoms with Crippen LogP contribution < -0.4 is 5.32 Å². The Bertz CT molecular complexity index is 375. The molecule has 1 saturated heterocycles. The van der Waals surface area contributed by atoms with Gasteiger partial charge in [-0.1, -0.05) is 11.8 Å². The summed E-state index contributed by atoms with van der Waals surface area (Å²) in [6, 6.07) is 0. The van der Waals surface area contributed by atoms with Crippen molar-refractivity contribution in [1.82, 2.24) is 15.5 Å². The third-order valence-corrected chi connectivity index (χ3v) is 3.38. The molecule has 1 fully saturated rings. The minimum Gasteiger partial charge on any atom is -0.481 e. The summed E-state index contributed by atoms with van der Waals surface area (Å²) >= 11 is 1.34. The van der Waals surface area contributed by atoms with Gasteiger partial charge in [0, 0.05) is 20.0 Å². The Morgan fingerprint density at radius 2 is 2.40 bits per heavy atom. The van der Waals surface area contributed by atoms with Crippen LogP contribution in [0, 0.1) is 6.92 Å². The highest BCUT2D eigenvalue weighted by Crippen LogP contribution is 2.37. The average molecular weight is 229 g/mol. The normalized spacial score (nSPS) is 18.5. The Kier molecular flexibility index (Phi) is 2.66. The van der Waals surface area contributed by atoms with Gasteiger partial charge in [-0.25, -0.2) is 0 Å². The van der Waals surface area contributed by atoms with Gasteiger partial charge >= 0.3 is 5.97 Å². The molecule has 0 unspecified atom stereocenters. The molecule has 0 bridgehead atoms. The summed E-state index contributed by atoms with van der Waals surface area (Å²) in [5.74, 6) is -0.310. The van der Waals surface area contributed by atoms with Crippen molar-refractivity contribution in [2.75, 3.05) is 13.1 Å². The number of aryl methyl sites for hydroxylation is 1. The number of rotatable bonds is 4. The molecule has 0 aromatic carbocycles. The number of hydrogen-bond acceptors (Lipinski definition) is 6. The minimum atomic E-state index is -0.805. The highest BCUT2D eigenvalue weighted by molar-refractivity contribution is 8.00. The van der Waals surface area contributed by atoms with E-state index in [4.69, 9.17) is 9.52 Å². The molecule has 2 rings (SSSR count). The molecule has 1 aliphatic rings. The van der Waals surface area contributed by atoms with Crippen LogP contribution in [-0.2, 0) is 4.79 Å². The van der Waals surface area contributed by atoms with Crippen molar-refractivity contribution in [1.29, 1.82) is 0 Å². The molecule has 0 amide bonds. The van der Waals surface area contributed by atoms with Gasteiger partial charge in [-0.05, 0) is 0 Å². The highest BCUT2D eigenvalue weighted by atomic mass is 32.2. The molecule has 6 nitrogen and oxygen atoms in total. The van der Waals surface area contributed by atoms with Crippen molar-refractivity contribution < 1.29 is 14.3 Å². The van der Waals surface area contributed by atoms with Gasteiger partial charge in [-0.3, -0.25) is 4.79 Å². The first-order valence-corrected chi connectivity index (χ1v) is 5.33. The fourth-order valence-electron chi connectivity index (χ4n) is 1.42. The van der Waals surface area contributed by atoms with E-state index in [0.29, 0.717) is 24.2 Å². The molecule has 0 radical (unpaired) electrons. The van der Waals surface area contributed by atoms with Crippen molar-refractivity contribution in [3.05, 3.63) is 5.89 Å². The van der Waals surface area contributed by atoms with Gasteiger partial charge in [-0.15, -0.1) is 10.2 Å². The van der Waals surface area contributed by atoms with Gasteiger partial charge in [0.1, 0.15) is 0 Å². The van der Waals surface area contributed by atoms with Crippen LogP contribution in [0.5, 0.6) is 0 Å². The predicted molar refractivity (Wildman–Crippen MR) is 52.7 cm³/mol. The molecule has 82 valence electrons. The Labute approximate surface area is 90.4 Å². The number of carboxylic acids is 1. The lowest BCUT2D eigenvalue weighted by molar-refractivity contribution is -0.138. The fourth-order valence-corrected chi connectivity index (χ4v) is 2.58. The molecule has 1 aliphatic heterocycles. The number of hydrogen-bond donors (Lipinski definition) is 2. The lowest BCUT2D eigenvalue weighted by Crippen LogP contribution is -2.57. The van der Waals surface area contributed by atoms with E-state index in [1.165, 1.54) is 11.8 Å². The van der Waals surface area contributed by atoms with Gasteiger partial charge < -0.3 is 14.8 Å². The Hall–Kier alpha value is -1.08. The SMILES string of the molecule is Cc1nnc(SC2(CC(=O)O)CNC2)o1. The van der Waals surface area contributed by atoms with Crippen LogP contribution in [0.2, 0.25) is 0 Å². The Balaban J connectivity index is 2.04. The first-order valence-electron chi connectivity index (χ1n) is 4.51. The number of carboxylic acid groups (broad SMARTS) is 1. The molecule has 2 N–H and O–H groups in total. The first-order chi connectivity index (χ1) is 7.10. The van der Waals surface area contributed by atoms with Gasteiger partial charge in [0.15, 0.2) is 0 Å². The number of thioether (sulfide) groups is 1. The number of nitrogens with zero attached hydrogens (tertiary/aromatic N) is 2. The van der Waals surface area contributed by atoms with Crippen LogP contribution in [0.25, 0.3) is 0 Å². The van der Waals surface area contributed by atoms with Crippen molar-refractivity contribution >= 4 is 17.7 Å². The van der Waals surface area contributed by atoms with E-state index >= 15 is 0 Å². The van der Waals surface area contributed by atoms with E-state index in [1.54, 1.807) is 6.92 Å². The molecule has 0 aliphatic carbocycles. The fraction of sp³-hybridized carbons (Fsp3) is 0.625. The second-order valence-electron chi connectivity index (χ2n) is 3.55. The maximum atomic E-state index is 10.7. The van der Waals surface area contributed by atoms with Crippen LogP contribution in [0.3, 0.4) is 0 Å². The van der Waals surface area contributed by atoms with Crippen LogP contribution in [0.1, 0.15) is 12.3 Å². The van der Waals surface area contributed by atoms with Crippen LogP contribution in [0.4, 0.5) is 0 Å². The molecular formula is C8H11N3O3S. The number of nitrogens with one attached hydrogen (secondary N) is 1. The van der Waals surface area contributed by atoms with Crippen LogP contribution >= 0.6 is 11.8 Å². The van der Waals surface area contributed by atoms with Crippen molar-refractivity contribution in [2.45, 2.75) is 23.3 Å². The van der Waals surface area contributed by atoms with Crippen molar-refractivity contribution in [2.24, 2.45) is 0 Å². The maximum absolute atomic E-state index is 10.7. The molecule has 2 heterocycles. The number of aliphatic carboxylic acids is 1. The van der Waals surface area contributed by atoms with E-state index in [9.17, 15) is 4.79 Å². The van der Waals surface area contributed by atoms with Gasteiger partial charge in [0.25, 0.3) is 5.22 Å². The number of carbonyl (C=O) groups is 1. The standard InChI is InChI=1S/C8H11N3O3S/c1-5-10-11-7(14-5)15-8(2-6(12)13)3-9-4-8/h9H,2-4H2,1H3,(H,12,13). The van der Waals surface area contributed by atoms with Gasteiger partial charge in [-0.2, -0.15) is 0 Å². The topological polar surface area (TPSA) is 88.2 Å². The molecule has 1 aromatic heterocycles.